The monoisotopic (exact) mass is 407 g/mol. The van der Waals surface area contributed by atoms with Crippen molar-refractivity contribution in [1.82, 2.24) is 14.7 Å². The minimum Gasteiger partial charge on any atom is -0.497 e. The topological polar surface area (TPSA) is 65.8 Å². The zero-order chi connectivity index (χ0) is 21.1. The van der Waals surface area contributed by atoms with E-state index in [0.29, 0.717) is 23.7 Å². The van der Waals surface area contributed by atoms with Crippen LogP contribution >= 0.6 is 0 Å². The lowest BCUT2D eigenvalue weighted by Crippen LogP contribution is -2.31. The van der Waals surface area contributed by atoms with Crippen molar-refractivity contribution >= 4 is 5.91 Å². The van der Waals surface area contributed by atoms with Gasteiger partial charge >= 0.3 is 0 Å². The largest absolute Gasteiger partial charge is 0.497 e. The fraction of sp³-hybridized carbons (Fsp3) is 0.304. The summed E-state index contributed by atoms with van der Waals surface area (Å²) in [6, 6.07) is 15.3. The molecule has 156 valence electrons. The number of carbonyl (C=O) groups excluding carboxylic acids is 1. The lowest BCUT2D eigenvalue weighted by Gasteiger charge is -2.26. The van der Waals surface area contributed by atoms with E-state index < -0.39 is 0 Å². The van der Waals surface area contributed by atoms with E-state index in [1.54, 1.807) is 32.2 Å². The van der Waals surface area contributed by atoms with E-state index in [4.69, 9.17) is 14.2 Å². The number of aromatic nitrogens is 2. The Morgan fingerprint density at radius 1 is 1.00 bits per heavy atom. The minimum absolute atomic E-state index is 0.0927. The highest BCUT2D eigenvalue weighted by atomic mass is 16.5. The van der Waals surface area contributed by atoms with Gasteiger partial charge in [0.15, 0.2) is 11.4 Å². The van der Waals surface area contributed by atoms with Crippen LogP contribution in [0.15, 0.2) is 54.7 Å². The quantitative estimate of drug-likeness (QED) is 0.621. The maximum Gasteiger partial charge on any atom is 0.278 e. The van der Waals surface area contributed by atoms with Crippen molar-refractivity contribution in [2.24, 2.45) is 0 Å². The molecule has 7 nitrogen and oxygen atoms in total. The summed E-state index contributed by atoms with van der Waals surface area (Å²) in [4.78, 5) is 15.3. The molecule has 1 aromatic heterocycles. The highest BCUT2D eigenvalue weighted by Gasteiger charge is 2.35. The Balaban J connectivity index is 1.67. The van der Waals surface area contributed by atoms with Gasteiger partial charge in [0.25, 0.3) is 5.91 Å². The normalized spacial score (nSPS) is 15.8. The number of likely N-dealkylation sites (tertiary alicyclic amines) is 1. The van der Waals surface area contributed by atoms with Gasteiger partial charge in [0.1, 0.15) is 11.5 Å². The zero-order valence-corrected chi connectivity index (χ0v) is 17.4. The van der Waals surface area contributed by atoms with E-state index in [0.717, 1.165) is 29.8 Å². The molecule has 1 atom stereocenters. The van der Waals surface area contributed by atoms with Crippen molar-refractivity contribution < 1.29 is 19.0 Å². The Labute approximate surface area is 175 Å². The molecular weight excluding hydrogens is 382 g/mol. The number of ether oxygens (including phenoxy) is 3. The van der Waals surface area contributed by atoms with E-state index in [1.807, 2.05) is 53.4 Å². The molecule has 4 rings (SSSR count). The van der Waals surface area contributed by atoms with Gasteiger partial charge in [-0.25, -0.2) is 4.68 Å². The van der Waals surface area contributed by atoms with E-state index in [-0.39, 0.29) is 11.9 Å². The second kappa shape index (κ2) is 8.49. The molecule has 0 N–H and O–H groups in total. The van der Waals surface area contributed by atoms with Crippen molar-refractivity contribution in [1.29, 1.82) is 0 Å². The van der Waals surface area contributed by atoms with Crippen molar-refractivity contribution in [2.75, 3.05) is 27.9 Å². The Kier molecular flexibility index (Phi) is 5.61. The van der Waals surface area contributed by atoms with Crippen LogP contribution in [0.5, 0.6) is 17.2 Å². The van der Waals surface area contributed by atoms with Crippen LogP contribution in [0, 0.1) is 0 Å². The first-order valence-corrected chi connectivity index (χ1v) is 9.88. The third kappa shape index (κ3) is 3.58. The molecule has 0 bridgehead atoms. The first kappa shape index (κ1) is 19.8. The van der Waals surface area contributed by atoms with Crippen molar-refractivity contribution in [3.8, 4) is 22.9 Å². The van der Waals surface area contributed by atoms with E-state index in [1.165, 1.54) is 0 Å². The first-order valence-electron chi connectivity index (χ1n) is 9.88. The van der Waals surface area contributed by atoms with Crippen LogP contribution in [0.3, 0.4) is 0 Å². The number of hydrogen-bond donors (Lipinski definition) is 0. The molecule has 3 aromatic rings. The number of para-hydroxylation sites is 1. The van der Waals surface area contributed by atoms with Crippen LogP contribution in [0.25, 0.3) is 5.69 Å². The molecule has 1 aliphatic heterocycles. The molecule has 0 radical (unpaired) electrons. The third-order valence-corrected chi connectivity index (χ3v) is 5.44. The van der Waals surface area contributed by atoms with Crippen LogP contribution in [0.2, 0.25) is 0 Å². The average molecular weight is 407 g/mol. The van der Waals surface area contributed by atoms with Crippen molar-refractivity contribution in [3.05, 3.63) is 66.0 Å². The molecule has 1 amide bonds. The van der Waals surface area contributed by atoms with Crippen LogP contribution < -0.4 is 14.2 Å². The summed E-state index contributed by atoms with van der Waals surface area (Å²) < 4.78 is 18.0. The van der Waals surface area contributed by atoms with Gasteiger partial charge in [-0.15, -0.1) is 0 Å². The van der Waals surface area contributed by atoms with Gasteiger partial charge < -0.3 is 19.1 Å². The molecule has 0 spiro atoms. The Morgan fingerprint density at radius 3 is 2.47 bits per heavy atom. The number of nitrogens with zero attached hydrogens (tertiary/aromatic N) is 3. The van der Waals surface area contributed by atoms with Gasteiger partial charge in [0.2, 0.25) is 0 Å². The summed E-state index contributed by atoms with van der Waals surface area (Å²) >= 11 is 0. The fourth-order valence-corrected chi connectivity index (χ4v) is 3.93. The molecule has 7 heteroatoms. The Morgan fingerprint density at radius 2 is 1.77 bits per heavy atom. The zero-order valence-electron chi connectivity index (χ0n) is 17.4. The third-order valence-electron chi connectivity index (χ3n) is 5.44. The van der Waals surface area contributed by atoms with Crippen LogP contribution in [0.1, 0.15) is 34.9 Å². The molecule has 0 aliphatic carbocycles. The highest BCUT2D eigenvalue weighted by molar-refractivity contribution is 5.95. The number of hydrogen-bond acceptors (Lipinski definition) is 5. The second-order valence-corrected chi connectivity index (χ2v) is 7.09. The first-order chi connectivity index (χ1) is 14.7. The summed E-state index contributed by atoms with van der Waals surface area (Å²) in [5.74, 6) is 1.73. The lowest BCUT2D eigenvalue weighted by atomic mass is 10.0. The standard InChI is InChI=1S/C23H25N3O4/c1-28-17-11-12-18(20(14-17)29-2)19-10-7-13-25(19)23(27)22-21(30-3)15-26(24-22)16-8-5-4-6-9-16/h4-6,8-9,11-12,14-15,19H,7,10,13H2,1-3H3/t19-/m0/s1. The highest BCUT2D eigenvalue weighted by Crippen LogP contribution is 2.40. The van der Waals surface area contributed by atoms with Gasteiger partial charge in [-0.2, -0.15) is 5.10 Å². The van der Waals surface area contributed by atoms with Gasteiger partial charge in [-0.05, 0) is 37.1 Å². The van der Waals surface area contributed by atoms with Gasteiger partial charge in [-0.3, -0.25) is 4.79 Å². The molecule has 2 aromatic carbocycles. The van der Waals surface area contributed by atoms with Crippen molar-refractivity contribution in [2.45, 2.75) is 18.9 Å². The molecule has 1 aliphatic rings. The maximum atomic E-state index is 13.5. The summed E-state index contributed by atoms with van der Waals surface area (Å²) in [5, 5.41) is 4.54. The summed E-state index contributed by atoms with van der Waals surface area (Å²) in [6.45, 7) is 0.653. The second-order valence-electron chi connectivity index (χ2n) is 7.09. The average Bonchev–Trinajstić information content (AvgIpc) is 3.46. The molecular formula is C23H25N3O4. The summed E-state index contributed by atoms with van der Waals surface area (Å²) in [6.07, 6.45) is 3.51. The summed E-state index contributed by atoms with van der Waals surface area (Å²) in [7, 11) is 4.80. The molecule has 0 unspecified atom stereocenters. The summed E-state index contributed by atoms with van der Waals surface area (Å²) in [5.41, 5.74) is 2.14. The van der Waals surface area contributed by atoms with Crippen LogP contribution in [0.4, 0.5) is 0 Å². The van der Waals surface area contributed by atoms with Gasteiger partial charge in [0, 0.05) is 18.2 Å². The predicted molar refractivity (Wildman–Crippen MR) is 113 cm³/mol. The van der Waals surface area contributed by atoms with Gasteiger partial charge in [0.05, 0.1) is 39.3 Å². The SMILES string of the molecule is COc1ccc([C@@H]2CCCN2C(=O)c2nn(-c3ccccc3)cc2OC)c(OC)c1. The lowest BCUT2D eigenvalue weighted by molar-refractivity contribution is 0.0724. The van der Waals surface area contributed by atoms with E-state index in [2.05, 4.69) is 5.10 Å². The van der Waals surface area contributed by atoms with Gasteiger partial charge in [-0.1, -0.05) is 18.2 Å². The minimum atomic E-state index is -0.151. The maximum absolute atomic E-state index is 13.5. The van der Waals surface area contributed by atoms with E-state index in [9.17, 15) is 4.79 Å². The molecule has 2 heterocycles. The fourth-order valence-electron chi connectivity index (χ4n) is 3.93. The number of rotatable bonds is 6. The molecule has 1 saturated heterocycles. The number of benzene rings is 2. The number of carbonyl (C=O) groups is 1. The van der Waals surface area contributed by atoms with Crippen molar-refractivity contribution in [3.63, 3.8) is 0 Å². The van der Waals surface area contributed by atoms with E-state index >= 15 is 0 Å². The number of amides is 1. The molecule has 30 heavy (non-hydrogen) atoms. The van der Waals surface area contributed by atoms with Crippen LogP contribution in [-0.2, 0) is 0 Å². The molecule has 0 saturated carbocycles. The Hall–Kier alpha value is -3.48. The van der Waals surface area contributed by atoms with Crippen LogP contribution in [-0.4, -0.2) is 48.5 Å². The Bertz CT molecular complexity index is 1030. The predicted octanol–water partition coefficient (Wildman–Crippen LogP) is 3.88. The smallest absolute Gasteiger partial charge is 0.278 e. The molecule has 1 fully saturated rings. The number of methoxy groups -OCH3 is 3.